The van der Waals surface area contributed by atoms with Crippen molar-refractivity contribution >= 4 is 11.8 Å². The maximum atomic E-state index is 13.1. The molecule has 1 fully saturated rings. The van der Waals surface area contributed by atoms with Crippen molar-refractivity contribution in [2.45, 2.75) is 19.4 Å². The number of aliphatic hydroxyl groups is 1. The maximum Gasteiger partial charge on any atom is 0.227 e. The number of carbonyl (C=O) groups excluding carboxylic acids is 2. The summed E-state index contributed by atoms with van der Waals surface area (Å²) in [6, 6.07) is 5.70. The molecule has 1 heterocycles. The number of aliphatic hydroxyl groups excluding tert-OH is 1. The Morgan fingerprint density at radius 2 is 2.19 bits per heavy atom. The highest BCUT2D eigenvalue weighted by molar-refractivity contribution is 5.79. The molecule has 1 saturated heterocycles. The van der Waals surface area contributed by atoms with Crippen LogP contribution in [-0.4, -0.2) is 47.6 Å². The van der Waals surface area contributed by atoms with Crippen molar-refractivity contribution in [2.24, 2.45) is 5.92 Å². The van der Waals surface area contributed by atoms with Gasteiger partial charge in [-0.15, -0.1) is 0 Å². The Labute approximate surface area is 122 Å². The average molecular weight is 294 g/mol. The van der Waals surface area contributed by atoms with E-state index in [0.29, 0.717) is 18.7 Å². The smallest absolute Gasteiger partial charge is 0.227 e. The molecular formula is C15H19FN2O3. The number of hydrogen-bond acceptors (Lipinski definition) is 3. The van der Waals surface area contributed by atoms with Gasteiger partial charge in [0.25, 0.3) is 0 Å². The second-order valence-electron chi connectivity index (χ2n) is 5.36. The molecular weight excluding hydrogens is 275 g/mol. The quantitative estimate of drug-likeness (QED) is 0.840. The van der Waals surface area contributed by atoms with E-state index in [4.69, 9.17) is 0 Å². The molecule has 0 saturated carbocycles. The van der Waals surface area contributed by atoms with Crippen LogP contribution in [0.5, 0.6) is 0 Å². The number of halogens is 1. The van der Waals surface area contributed by atoms with Crippen LogP contribution in [0.15, 0.2) is 24.3 Å². The average Bonchev–Trinajstić information content (AvgIpc) is 2.81. The van der Waals surface area contributed by atoms with E-state index in [0.717, 1.165) is 0 Å². The lowest BCUT2D eigenvalue weighted by Gasteiger charge is -2.17. The summed E-state index contributed by atoms with van der Waals surface area (Å²) in [6.07, 6.45) is 0.114. The Bertz CT molecular complexity index is 535. The molecule has 1 aliphatic heterocycles. The van der Waals surface area contributed by atoms with Crippen molar-refractivity contribution in [1.29, 1.82) is 0 Å². The summed E-state index contributed by atoms with van der Waals surface area (Å²) in [5.74, 6) is -0.846. The fraction of sp³-hybridized carbons (Fsp3) is 0.467. The third-order valence-electron chi connectivity index (χ3n) is 3.66. The highest BCUT2D eigenvalue weighted by atomic mass is 19.1. The summed E-state index contributed by atoms with van der Waals surface area (Å²) in [7, 11) is 0. The molecule has 0 aromatic heterocycles. The minimum atomic E-state index is -0.369. The summed E-state index contributed by atoms with van der Waals surface area (Å²) in [5.41, 5.74) is 0.614. The van der Waals surface area contributed by atoms with Crippen LogP contribution < -0.4 is 5.32 Å². The van der Waals surface area contributed by atoms with Crippen LogP contribution >= 0.6 is 0 Å². The fourth-order valence-corrected chi connectivity index (χ4v) is 2.62. The molecule has 0 unspecified atom stereocenters. The second-order valence-corrected chi connectivity index (χ2v) is 5.36. The molecule has 2 amide bonds. The van der Waals surface area contributed by atoms with Crippen LogP contribution in [0.25, 0.3) is 0 Å². The second kappa shape index (κ2) is 6.67. The van der Waals surface area contributed by atoms with Gasteiger partial charge in [0.1, 0.15) is 5.82 Å². The van der Waals surface area contributed by atoms with Crippen LogP contribution in [-0.2, 0) is 16.0 Å². The van der Waals surface area contributed by atoms with Crippen molar-refractivity contribution in [3.8, 4) is 0 Å². The summed E-state index contributed by atoms with van der Waals surface area (Å²) >= 11 is 0. The molecule has 21 heavy (non-hydrogen) atoms. The third kappa shape index (κ3) is 4.01. The number of likely N-dealkylation sites (tertiary alicyclic amines) is 1. The van der Waals surface area contributed by atoms with Crippen LogP contribution in [0.4, 0.5) is 4.39 Å². The molecule has 6 heteroatoms. The van der Waals surface area contributed by atoms with Gasteiger partial charge >= 0.3 is 0 Å². The van der Waals surface area contributed by atoms with E-state index < -0.39 is 0 Å². The highest BCUT2D eigenvalue weighted by Crippen LogP contribution is 2.18. The van der Waals surface area contributed by atoms with Gasteiger partial charge in [-0.05, 0) is 17.7 Å². The predicted octanol–water partition coefficient (Wildman–Crippen LogP) is 0.324. The van der Waals surface area contributed by atoms with E-state index in [1.54, 1.807) is 17.0 Å². The summed E-state index contributed by atoms with van der Waals surface area (Å²) < 4.78 is 13.1. The Kier molecular flexibility index (Phi) is 4.90. The third-order valence-corrected chi connectivity index (χ3v) is 3.66. The van der Waals surface area contributed by atoms with Gasteiger partial charge in [0.15, 0.2) is 0 Å². The van der Waals surface area contributed by atoms with Gasteiger partial charge in [0, 0.05) is 32.5 Å². The zero-order valence-corrected chi connectivity index (χ0v) is 11.9. The molecule has 5 nitrogen and oxygen atoms in total. The molecule has 0 radical (unpaired) electrons. The van der Waals surface area contributed by atoms with Crippen LogP contribution in [0.2, 0.25) is 0 Å². The van der Waals surface area contributed by atoms with E-state index in [-0.39, 0.29) is 42.6 Å². The first-order valence-corrected chi connectivity index (χ1v) is 6.89. The van der Waals surface area contributed by atoms with Crippen LogP contribution in [0, 0.1) is 11.7 Å². The largest absolute Gasteiger partial charge is 0.396 e. The Hall–Kier alpha value is -1.95. The Morgan fingerprint density at radius 1 is 1.43 bits per heavy atom. The minimum Gasteiger partial charge on any atom is -0.396 e. The molecule has 1 aliphatic rings. The first kappa shape index (κ1) is 15.4. The topological polar surface area (TPSA) is 69.6 Å². The molecule has 2 N–H and O–H groups in total. The van der Waals surface area contributed by atoms with Gasteiger partial charge in [0.05, 0.1) is 12.5 Å². The van der Waals surface area contributed by atoms with Crippen molar-refractivity contribution in [2.75, 3.05) is 19.7 Å². The van der Waals surface area contributed by atoms with Crippen molar-refractivity contribution in [3.63, 3.8) is 0 Å². The molecule has 0 bridgehead atoms. The number of benzene rings is 1. The molecule has 2 atom stereocenters. The lowest BCUT2D eigenvalue weighted by atomic mass is 10.1. The van der Waals surface area contributed by atoms with E-state index >= 15 is 0 Å². The molecule has 1 aromatic rings. The summed E-state index contributed by atoms with van der Waals surface area (Å²) in [4.78, 5) is 25.0. The van der Waals surface area contributed by atoms with E-state index in [9.17, 15) is 19.1 Å². The summed E-state index contributed by atoms with van der Waals surface area (Å²) in [5, 5.41) is 12.1. The first-order chi connectivity index (χ1) is 9.99. The maximum absolute atomic E-state index is 13.1. The zero-order chi connectivity index (χ0) is 15.4. The number of hydrogen-bond donors (Lipinski definition) is 2. The lowest BCUT2D eigenvalue weighted by Crippen LogP contribution is -2.40. The van der Waals surface area contributed by atoms with E-state index in [2.05, 4.69) is 5.32 Å². The number of carbonyl (C=O) groups is 2. The normalized spacial score (nSPS) is 21.4. The molecule has 2 rings (SSSR count). The monoisotopic (exact) mass is 294 g/mol. The van der Waals surface area contributed by atoms with Gasteiger partial charge in [-0.1, -0.05) is 12.1 Å². The SMILES string of the molecule is CC(=O)N[C@@H]1CN(C(=O)Cc2cccc(F)c2)C[C@H]1CO. The van der Waals surface area contributed by atoms with Gasteiger partial charge in [-0.3, -0.25) is 9.59 Å². The first-order valence-electron chi connectivity index (χ1n) is 6.89. The van der Waals surface area contributed by atoms with E-state index in [1.807, 2.05) is 0 Å². The van der Waals surface area contributed by atoms with Gasteiger partial charge in [0.2, 0.25) is 11.8 Å². The standard InChI is InChI=1S/C15H19FN2O3/c1-10(20)17-14-8-18(7-12(14)9-19)15(21)6-11-3-2-4-13(16)5-11/h2-5,12,14,19H,6-9H2,1H3,(H,17,20)/t12-,14+/m0/s1. The number of rotatable bonds is 4. The highest BCUT2D eigenvalue weighted by Gasteiger charge is 2.35. The molecule has 114 valence electrons. The molecule has 0 aliphatic carbocycles. The number of nitrogens with one attached hydrogen (secondary N) is 1. The van der Waals surface area contributed by atoms with Gasteiger partial charge in [-0.25, -0.2) is 4.39 Å². The Balaban J connectivity index is 1.98. The number of amides is 2. The van der Waals surface area contributed by atoms with Crippen molar-refractivity contribution in [1.82, 2.24) is 10.2 Å². The van der Waals surface area contributed by atoms with Crippen LogP contribution in [0.3, 0.4) is 0 Å². The fourth-order valence-electron chi connectivity index (χ4n) is 2.62. The molecule has 1 aromatic carbocycles. The van der Waals surface area contributed by atoms with Crippen molar-refractivity contribution in [3.05, 3.63) is 35.6 Å². The van der Waals surface area contributed by atoms with Crippen LogP contribution in [0.1, 0.15) is 12.5 Å². The van der Waals surface area contributed by atoms with Crippen molar-refractivity contribution < 1.29 is 19.1 Å². The molecule has 0 spiro atoms. The van der Waals surface area contributed by atoms with Gasteiger partial charge in [-0.2, -0.15) is 0 Å². The Morgan fingerprint density at radius 3 is 2.81 bits per heavy atom. The summed E-state index contributed by atoms with van der Waals surface area (Å²) in [6.45, 7) is 2.09. The minimum absolute atomic E-state index is 0.0886. The van der Waals surface area contributed by atoms with Gasteiger partial charge < -0.3 is 15.3 Å². The lowest BCUT2D eigenvalue weighted by molar-refractivity contribution is -0.130. The van der Waals surface area contributed by atoms with E-state index in [1.165, 1.54) is 19.1 Å². The number of nitrogens with zero attached hydrogens (tertiary/aromatic N) is 1. The zero-order valence-electron chi connectivity index (χ0n) is 11.9. The predicted molar refractivity (Wildman–Crippen MR) is 74.9 cm³/mol.